The van der Waals surface area contributed by atoms with E-state index >= 15 is 0 Å². The zero-order chi connectivity index (χ0) is 13.1. The van der Waals surface area contributed by atoms with Crippen LogP contribution in [-0.2, 0) is 0 Å². The third-order valence-corrected chi connectivity index (χ3v) is 2.99. The van der Waals surface area contributed by atoms with Crippen molar-refractivity contribution >= 4 is 17.8 Å². The Hall–Kier alpha value is -1.82. The van der Waals surface area contributed by atoms with Crippen LogP contribution in [0.15, 0.2) is 35.5 Å². The molecule has 0 aliphatic rings. The average molecular weight is 262 g/mol. The van der Waals surface area contributed by atoms with E-state index in [1.807, 2.05) is 36.6 Å². The SMILES string of the molecule is CSc1nc(-c2ccccc2)nn1C(=O)N(C)C. The molecule has 94 valence electrons. The van der Waals surface area contributed by atoms with Gasteiger partial charge in [0.25, 0.3) is 0 Å². The average Bonchev–Trinajstić information content (AvgIpc) is 2.82. The van der Waals surface area contributed by atoms with Crippen molar-refractivity contribution in [2.75, 3.05) is 20.4 Å². The van der Waals surface area contributed by atoms with Crippen molar-refractivity contribution in [1.29, 1.82) is 0 Å². The summed E-state index contributed by atoms with van der Waals surface area (Å²) in [6.45, 7) is 0. The molecule has 0 radical (unpaired) electrons. The minimum absolute atomic E-state index is 0.200. The van der Waals surface area contributed by atoms with Crippen molar-refractivity contribution in [3.63, 3.8) is 0 Å². The van der Waals surface area contributed by atoms with Crippen molar-refractivity contribution in [3.8, 4) is 11.4 Å². The first-order chi connectivity index (χ1) is 8.63. The number of hydrogen-bond donors (Lipinski definition) is 0. The molecule has 0 aliphatic carbocycles. The van der Waals surface area contributed by atoms with Gasteiger partial charge in [-0.15, -0.1) is 5.10 Å². The number of nitrogens with zero attached hydrogens (tertiary/aromatic N) is 4. The maximum Gasteiger partial charge on any atom is 0.346 e. The normalized spacial score (nSPS) is 10.4. The van der Waals surface area contributed by atoms with Gasteiger partial charge in [-0.25, -0.2) is 9.78 Å². The number of thioether (sulfide) groups is 1. The Kier molecular flexibility index (Phi) is 3.66. The van der Waals surface area contributed by atoms with E-state index in [9.17, 15) is 4.79 Å². The summed E-state index contributed by atoms with van der Waals surface area (Å²) in [4.78, 5) is 17.8. The van der Waals surface area contributed by atoms with Crippen LogP contribution in [0.3, 0.4) is 0 Å². The van der Waals surface area contributed by atoms with Crippen LogP contribution in [0.25, 0.3) is 11.4 Å². The highest BCUT2D eigenvalue weighted by Crippen LogP contribution is 2.19. The molecule has 2 rings (SSSR count). The maximum atomic E-state index is 11.9. The summed E-state index contributed by atoms with van der Waals surface area (Å²) >= 11 is 1.40. The highest BCUT2D eigenvalue weighted by molar-refractivity contribution is 7.98. The zero-order valence-electron chi connectivity index (χ0n) is 10.5. The van der Waals surface area contributed by atoms with Crippen molar-refractivity contribution in [3.05, 3.63) is 30.3 Å². The molecule has 1 amide bonds. The van der Waals surface area contributed by atoms with E-state index in [1.54, 1.807) is 14.1 Å². The first kappa shape index (κ1) is 12.6. The standard InChI is InChI=1S/C12H14N4OS/c1-15(2)12(17)16-11(18-3)13-10(14-16)9-7-5-4-6-8-9/h4-8H,1-3H3. The topological polar surface area (TPSA) is 51.0 Å². The monoisotopic (exact) mass is 262 g/mol. The molecule has 0 fully saturated rings. The molecule has 0 aliphatic heterocycles. The van der Waals surface area contributed by atoms with Gasteiger partial charge in [0, 0.05) is 19.7 Å². The van der Waals surface area contributed by atoms with Gasteiger partial charge in [0.15, 0.2) is 11.0 Å². The van der Waals surface area contributed by atoms with E-state index in [1.165, 1.54) is 21.3 Å². The number of benzene rings is 1. The number of hydrogen-bond acceptors (Lipinski definition) is 4. The quantitative estimate of drug-likeness (QED) is 0.779. The first-order valence-electron chi connectivity index (χ1n) is 5.41. The Bertz CT molecular complexity index is 550. The summed E-state index contributed by atoms with van der Waals surface area (Å²) in [5.41, 5.74) is 0.901. The summed E-state index contributed by atoms with van der Waals surface area (Å²) in [5.74, 6) is 0.565. The molecular weight excluding hydrogens is 248 g/mol. The van der Waals surface area contributed by atoms with Gasteiger partial charge >= 0.3 is 6.03 Å². The number of carbonyl (C=O) groups excluding carboxylic acids is 1. The summed E-state index contributed by atoms with van der Waals surface area (Å²) < 4.78 is 1.33. The Morgan fingerprint density at radius 3 is 2.50 bits per heavy atom. The Morgan fingerprint density at radius 2 is 1.94 bits per heavy atom. The molecule has 0 N–H and O–H groups in total. The molecule has 0 atom stereocenters. The molecule has 1 aromatic carbocycles. The van der Waals surface area contributed by atoms with E-state index < -0.39 is 0 Å². The van der Waals surface area contributed by atoms with Gasteiger partial charge in [0.2, 0.25) is 0 Å². The molecule has 5 nitrogen and oxygen atoms in total. The molecule has 0 unspecified atom stereocenters. The van der Waals surface area contributed by atoms with Crippen molar-refractivity contribution in [2.45, 2.75) is 5.16 Å². The van der Waals surface area contributed by atoms with Gasteiger partial charge in [-0.2, -0.15) is 4.68 Å². The van der Waals surface area contributed by atoms with Gasteiger partial charge in [0.05, 0.1) is 0 Å². The minimum atomic E-state index is -0.200. The van der Waals surface area contributed by atoms with Crippen LogP contribution in [0.5, 0.6) is 0 Å². The highest BCUT2D eigenvalue weighted by Gasteiger charge is 2.17. The second-order valence-corrected chi connectivity index (χ2v) is 4.65. The van der Waals surface area contributed by atoms with Gasteiger partial charge in [-0.05, 0) is 6.26 Å². The molecule has 0 spiro atoms. The summed E-state index contributed by atoms with van der Waals surface area (Å²) in [5, 5.41) is 4.86. The molecule has 1 aromatic heterocycles. The van der Waals surface area contributed by atoms with Gasteiger partial charge in [-0.1, -0.05) is 42.1 Å². The fraction of sp³-hybridized carbons (Fsp3) is 0.250. The lowest BCUT2D eigenvalue weighted by molar-refractivity contribution is 0.213. The number of carbonyl (C=O) groups is 1. The van der Waals surface area contributed by atoms with Crippen molar-refractivity contribution in [1.82, 2.24) is 19.7 Å². The fourth-order valence-electron chi connectivity index (χ4n) is 1.45. The molecular formula is C12H14N4OS. The molecule has 2 aromatic rings. The van der Waals surface area contributed by atoms with Crippen LogP contribution in [0.2, 0.25) is 0 Å². The second-order valence-electron chi connectivity index (χ2n) is 3.88. The first-order valence-corrected chi connectivity index (χ1v) is 6.64. The van der Waals surface area contributed by atoms with Gasteiger partial charge < -0.3 is 4.90 Å². The van der Waals surface area contributed by atoms with Crippen molar-refractivity contribution < 1.29 is 4.79 Å². The smallest absolute Gasteiger partial charge is 0.329 e. The van der Waals surface area contributed by atoms with Crippen LogP contribution in [0.1, 0.15) is 0 Å². The summed E-state index contributed by atoms with van der Waals surface area (Å²) in [7, 11) is 3.38. The Balaban J connectivity index is 2.45. The summed E-state index contributed by atoms with van der Waals surface area (Å²) in [6.07, 6.45) is 1.87. The number of rotatable bonds is 2. The minimum Gasteiger partial charge on any atom is -0.329 e. The van der Waals surface area contributed by atoms with Crippen LogP contribution in [0.4, 0.5) is 4.79 Å². The number of amides is 1. The van der Waals surface area contributed by atoms with Crippen molar-refractivity contribution in [2.24, 2.45) is 0 Å². The van der Waals surface area contributed by atoms with Crippen LogP contribution >= 0.6 is 11.8 Å². The lowest BCUT2D eigenvalue weighted by atomic mass is 10.2. The van der Waals surface area contributed by atoms with Gasteiger partial charge in [0.1, 0.15) is 0 Å². The third kappa shape index (κ3) is 2.38. The predicted molar refractivity (Wildman–Crippen MR) is 71.7 cm³/mol. The van der Waals surface area contributed by atoms with Gasteiger partial charge in [-0.3, -0.25) is 0 Å². The van der Waals surface area contributed by atoms with E-state index in [0.29, 0.717) is 11.0 Å². The molecule has 0 bridgehead atoms. The lowest BCUT2D eigenvalue weighted by Gasteiger charge is -2.09. The lowest BCUT2D eigenvalue weighted by Crippen LogP contribution is -2.28. The highest BCUT2D eigenvalue weighted by atomic mass is 32.2. The predicted octanol–water partition coefficient (Wildman–Crippen LogP) is 2.20. The fourth-order valence-corrected chi connectivity index (χ4v) is 1.92. The van der Waals surface area contributed by atoms with E-state index in [-0.39, 0.29) is 6.03 Å². The Morgan fingerprint density at radius 1 is 1.28 bits per heavy atom. The molecule has 6 heteroatoms. The largest absolute Gasteiger partial charge is 0.346 e. The van der Waals surface area contributed by atoms with E-state index in [2.05, 4.69) is 10.1 Å². The second kappa shape index (κ2) is 5.22. The summed E-state index contributed by atoms with van der Waals surface area (Å²) in [6, 6.07) is 9.41. The van der Waals surface area contributed by atoms with E-state index in [0.717, 1.165) is 5.56 Å². The molecule has 18 heavy (non-hydrogen) atoms. The third-order valence-electron chi connectivity index (χ3n) is 2.36. The molecule has 0 saturated heterocycles. The van der Waals surface area contributed by atoms with E-state index in [4.69, 9.17) is 0 Å². The maximum absolute atomic E-state index is 11.9. The van der Waals surface area contributed by atoms with Crippen LogP contribution in [0, 0.1) is 0 Å². The molecule has 1 heterocycles. The molecule has 0 saturated carbocycles. The van der Waals surface area contributed by atoms with Crippen LogP contribution in [-0.4, -0.2) is 46.0 Å². The number of aromatic nitrogens is 3. The van der Waals surface area contributed by atoms with Crippen LogP contribution < -0.4 is 0 Å². The zero-order valence-corrected chi connectivity index (χ0v) is 11.3. The Labute approximate surface area is 110 Å².